The molecular weight excluding hydrogens is 599 g/mol. The topological polar surface area (TPSA) is 52.5 Å². The van der Waals surface area contributed by atoms with Crippen LogP contribution in [0.25, 0.3) is 38.6 Å². The van der Waals surface area contributed by atoms with E-state index in [9.17, 15) is 10.5 Å². The Morgan fingerprint density at radius 3 is 1.46 bits per heavy atom. The first-order valence-corrected chi connectivity index (χ1v) is 18.0. The highest BCUT2D eigenvalue weighted by Gasteiger charge is 2.43. The molecule has 0 aliphatic carbocycles. The first-order chi connectivity index (χ1) is 23.8. The average molecular weight is 628 g/mol. The summed E-state index contributed by atoms with van der Waals surface area (Å²) in [5.74, 6) is 0. The van der Waals surface area contributed by atoms with Gasteiger partial charge in [0.25, 0.3) is 0 Å². The fourth-order valence-electron chi connectivity index (χ4n) is 7.43. The van der Waals surface area contributed by atoms with Gasteiger partial charge in [-0.3, -0.25) is 0 Å². The van der Waals surface area contributed by atoms with Crippen molar-refractivity contribution in [2.24, 2.45) is 0 Å². The van der Waals surface area contributed by atoms with E-state index < -0.39 is 8.07 Å². The van der Waals surface area contributed by atoms with E-state index in [4.69, 9.17) is 0 Å². The second kappa shape index (κ2) is 12.0. The van der Waals surface area contributed by atoms with Crippen molar-refractivity contribution in [3.63, 3.8) is 0 Å². The van der Waals surface area contributed by atoms with E-state index in [1.54, 1.807) is 0 Å². The van der Waals surface area contributed by atoms with Crippen LogP contribution in [0.1, 0.15) is 11.1 Å². The molecule has 1 aromatic heterocycles. The third-order valence-electron chi connectivity index (χ3n) is 9.45. The summed E-state index contributed by atoms with van der Waals surface area (Å²) >= 11 is 0. The molecule has 3 nitrogen and oxygen atoms in total. The van der Waals surface area contributed by atoms with E-state index >= 15 is 0 Å². The van der Waals surface area contributed by atoms with Crippen molar-refractivity contribution in [3.8, 4) is 29.0 Å². The minimum Gasteiger partial charge on any atom is -0.308 e. The predicted molar refractivity (Wildman–Crippen MR) is 199 cm³/mol. The van der Waals surface area contributed by atoms with E-state index in [2.05, 4.69) is 132 Å². The van der Waals surface area contributed by atoms with Crippen LogP contribution in [0.2, 0.25) is 0 Å². The summed E-state index contributed by atoms with van der Waals surface area (Å²) in [4.78, 5) is 0. The van der Waals surface area contributed by atoms with Gasteiger partial charge in [0.1, 0.15) is 6.07 Å². The molecule has 0 aliphatic rings. The smallest absolute Gasteiger partial charge is 0.180 e. The molecule has 0 saturated carbocycles. The zero-order chi connectivity index (χ0) is 32.5. The fraction of sp³-hybridized carbons (Fsp3) is 0. The number of hydrogen-bond donors (Lipinski definition) is 0. The number of fused-ring (bicyclic) bond motifs is 3. The van der Waals surface area contributed by atoms with Gasteiger partial charge < -0.3 is 4.57 Å². The summed E-state index contributed by atoms with van der Waals surface area (Å²) < 4.78 is 2.17. The molecule has 0 N–H and O–H groups in total. The van der Waals surface area contributed by atoms with Gasteiger partial charge >= 0.3 is 0 Å². The highest BCUT2D eigenvalue weighted by molar-refractivity contribution is 7.20. The zero-order valence-corrected chi connectivity index (χ0v) is 27.1. The highest BCUT2D eigenvalue weighted by Crippen LogP contribution is 2.34. The largest absolute Gasteiger partial charge is 0.308 e. The monoisotopic (exact) mass is 627 g/mol. The van der Waals surface area contributed by atoms with Crippen LogP contribution >= 0.6 is 0 Å². The second-order valence-electron chi connectivity index (χ2n) is 11.9. The molecular formula is C44H29N3Si. The molecule has 48 heavy (non-hydrogen) atoms. The predicted octanol–water partition coefficient (Wildman–Crippen LogP) is 7.57. The summed E-state index contributed by atoms with van der Waals surface area (Å²) in [6.07, 6.45) is 0. The third-order valence-corrected chi connectivity index (χ3v) is 14.3. The number of nitrogens with zero attached hydrogens (tertiary/aromatic N) is 3. The molecule has 0 spiro atoms. The van der Waals surface area contributed by atoms with Crippen molar-refractivity contribution in [1.82, 2.24) is 4.57 Å². The van der Waals surface area contributed by atoms with Crippen molar-refractivity contribution >= 4 is 50.6 Å². The van der Waals surface area contributed by atoms with E-state index in [1.165, 1.54) is 15.6 Å². The van der Waals surface area contributed by atoms with Crippen LogP contribution in [-0.2, 0) is 0 Å². The summed E-state index contributed by atoms with van der Waals surface area (Å²) in [6.45, 7) is 0. The Hall–Kier alpha value is -6.46. The lowest BCUT2D eigenvalue weighted by Crippen LogP contribution is -2.75. The number of benzene rings is 7. The standard InChI is InChI=1S/C44H29N3Si/c45-30-33-29-32(27-28-41(33)47-42-24-12-10-21-38(42)39-22-11-13-25-43(39)47)37-23-14-26-44(40(37)31-46)48(34-15-4-1-5-16-34,35-17-6-2-7-18-35)36-19-8-3-9-20-36/h1-29H. The molecule has 0 radical (unpaired) electrons. The van der Waals surface area contributed by atoms with E-state index in [0.717, 1.165) is 43.8 Å². The molecule has 0 unspecified atom stereocenters. The normalized spacial score (nSPS) is 11.3. The lowest BCUT2D eigenvalue weighted by atomic mass is 9.98. The van der Waals surface area contributed by atoms with Gasteiger partial charge in [-0.05, 0) is 56.1 Å². The Morgan fingerprint density at radius 2 is 0.958 bits per heavy atom. The van der Waals surface area contributed by atoms with Gasteiger partial charge in [0.15, 0.2) is 8.07 Å². The molecule has 0 atom stereocenters. The van der Waals surface area contributed by atoms with Crippen LogP contribution in [0.15, 0.2) is 176 Å². The van der Waals surface area contributed by atoms with Gasteiger partial charge in [-0.1, -0.05) is 152 Å². The average Bonchev–Trinajstić information content (AvgIpc) is 3.50. The SMILES string of the molecule is N#Cc1cc(-c2cccc([Si](c3ccccc3)(c3ccccc3)c3ccccc3)c2C#N)ccc1-n1c2ccccc2c2ccccc21. The van der Waals surface area contributed by atoms with Crippen molar-refractivity contribution in [3.05, 3.63) is 187 Å². The lowest BCUT2D eigenvalue weighted by Gasteiger charge is -2.35. The number of para-hydroxylation sites is 2. The van der Waals surface area contributed by atoms with Gasteiger partial charge in [-0.25, -0.2) is 0 Å². The molecule has 8 aromatic rings. The molecule has 1 heterocycles. The Balaban J connectivity index is 1.39. The van der Waals surface area contributed by atoms with Gasteiger partial charge in [-0.2, -0.15) is 10.5 Å². The maximum Gasteiger partial charge on any atom is 0.180 e. The molecule has 0 saturated heterocycles. The summed E-state index contributed by atoms with van der Waals surface area (Å²) in [5, 5.41) is 28.5. The van der Waals surface area contributed by atoms with Crippen LogP contribution in [0.5, 0.6) is 0 Å². The number of hydrogen-bond acceptors (Lipinski definition) is 2. The van der Waals surface area contributed by atoms with Crippen molar-refractivity contribution in [2.75, 3.05) is 0 Å². The molecule has 7 aromatic carbocycles. The Bertz CT molecular complexity index is 2370. The lowest BCUT2D eigenvalue weighted by molar-refractivity contribution is 1.17. The second-order valence-corrected chi connectivity index (χ2v) is 15.7. The summed E-state index contributed by atoms with van der Waals surface area (Å²) in [6, 6.07) is 65.9. The van der Waals surface area contributed by atoms with Crippen LogP contribution in [-0.4, -0.2) is 12.6 Å². The Kier molecular flexibility index (Phi) is 7.27. The fourth-order valence-corrected chi connectivity index (χ4v) is 12.3. The summed E-state index contributed by atoms with van der Waals surface area (Å²) in [7, 11) is -2.96. The van der Waals surface area contributed by atoms with Crippen LogP contribution in [0, 0.1) is 22.7 Å². The van der Waals surface area contributed by atoms with Gasteiger partial charge in [-0.15, -0.1) is 0 Å². The molecule has 0 aliphatic heterocycles. The first-order valence-electron chi connectivity index (χ1n) is 16.0. The highest BCUT2D eigenvalue weighted by atomic mass is 28.3. The molecule has 0 amide bonds. The maximum absolute atomic E-state index is 11.0. The molecule has 4 heteroatoms. The quantitative estimate of drug-likeness (QED) is 0.141. The Labute approximate surface area is 280 Å². The first kappa shape index (κ1) is 29.0. The van der Waals surface area contributed by atoms with Crippen LogP contribution < -0.4 is 20.7 Å². The maximum atomic E-state index is 11.0. The number of nitriles is 2. The van der Waals surface area contributed by atoms with Crippen LogP contribution in [0.4, 0.5) is 0 Å². The minimum absolute atomic E-state index is 0.547. The molecule has 0 bridgehead atoms. The van der Waals surface area contributed by atoms with Crippen molar-refractivity contribution in [2.45, 2.75) is 0 Å². The van der Waals surface area contributed by atoms with Crippen LogP contribution in [0.3, 0.4) is 0 Å². The van der Waals surface area contributed by atoms with E-state index in [0.29, 0.717) is 11.1 Å². The van der Waals surface area contributed by atoms with Gasteiger partial charge in [0.2, 0.25) is 0 Å². The van der Waals surface area contributed by atoms with Crippen molar-refractivity contribution < 1.29 is 0 Å². The molecule has 8 rings (SSSR count). The molecule has 0 fully saturated rings. The third kappa shape index (κ3) is 4.48. The molecule has 224 valence electrons. The Morgan fingerprint density at radius 1 is 0.458 bits per heavy atom. The van der Waals surface area contributed by atoms with Gasteiger partial charge in [0.05, 0.1) is 33.9 Å². The minimum atomic E-state index is -2.96. The number of rotatable bonds is 6. The summed E-state index contributed by atoms with van der Waals surface area (Å²) in [5.41, 5.74) is 5.75. The zero-order valence-electron chi connectivity index (χ0n) is 26.1. The van der Waals surface area contributed by atoms with Crippen molar-refractivity contribution in [1.29, 1.82) is 10.5 Å². The number of aromatic nitrogens is 1. The van der Waals surface area contributed by atoms with E-state index in [-0.39, 0.29) is 0 Å². The van der Waals surface area contributed by atoms with Gasteiger partial charge in [0, 0.05) is 10.8 Å². The van der Waals surface area contributed by atoms with E-state index in [1.807, 2.05) is 60.7 Å².